The molecule has 1 aromatic heterocycles. The molecular weight excluding hydrogens is 280 g/mol. The van der Waals surface area contributed by atoms with E-state index in [-0.39, 0.29) is 18.4 Å². The van der Waals surface area contributed by atoms with Crippen molar-refractivity contribution >= 4 is 5.91 Å². The summed E-state index contributed by atoms with van der Waals surface area (Å²) in [7, 11) is 4.11. The third-order valence-electron chi connectivity index (χ3n) is 5.10. The zero-order chi connectivity index (χ0) is 15.7. The van der Waals surface area contributed by atoms with Crippen LogP contribution in [0.15, 0.2) is 0 Å². The van der Waals surface area contributed by atoms with E-state index in [1.807, 2.05) is 4.90 Å². The number of likely N-dealkylation sites (tertiary alicyclic amines) is 1. The van der Waals surface area contributed by atoms with Gasteiger partial charge in [0.05, 0.1) is 0 Å². The van der Waals surface area contributed by atoms with E-state index >= 15 is 0 Å². The third kappa shape index (κ3) is 2.90. The first-order valence-electron chi connectivity index (χ1n) is 8.22. The Balaban J connectivity index is 1.81. The highest BCUT2D eigenvalue weighted by Gasteiger charge is 2.32. The van der Waals surface area contributed by atoms with Gasteiger partial charge in [0, 0.05) is 37.0 Å². The number of aliphatic hydroxyl groups excluding tert-OH is 1. The van der Waals surface area contributed by atoms with Crippen molar-refractivity contribution in [3.8, 4) is 0 Å². The lowest BCUT2D eigenvalue weighted by Crippen LogP contribution is -2.43. The van der Waals surface area contributed by atoms with Gasteiger partial charge in [-0.1, -0.05) is 0 Å². The Morgan fingerprint density at radius 2 is 2.18 bits per heavy atom. The molecule has 6 nitrogen and oxygen atoms in total. The molecular formula is C16H26N4O2. The van der Waals surface area contributed by atoms with Crippen LogP contribution < -0.4 is 0 Å². The van der Waals surface area contributed by atoms with Crippen LogP contribution >= 0.6 is 0 Å². The molecule has 1 aliphatic heterocycles. The first-order chi connectivity index (χ1) is 10.6. The van der Waals surface area contributed by atoms with E-state index in [1.54, 1.807) is 0 Å². The van der Waals surface area contributed by atoms with E-state index < -0.39 is 0 Å². The lowest BCUT2D eigenvalue weighted by Gasteiger charge is -2.28. The molecule has 2 atom stereocenters. The monoisotopic (exact) mass is 306 g/mol. The number of likely N-dealkylation sites (N-methyl/N-ethyl adjacent to an activating group) is 1. The summed E-state index contributed by atoms with van der Waals surface area (Å²) in [5.74, 6) is 0.187. The number of H-pyrrole nitrogens is 1. The molecule has 0 saturated carbocycles. The number of rotatable bonds is 3. The highest BCUT2D eigenvalue weighted by molar-refractivity contribution is 5.94. The van der Waals surface area contributed by atoms with Gasteiger partial charge in [-0.15, -0.1) is 0 Å². The standard InChI is InChI=1S/C16H26N4O2/c1-19(2)12-7-6-11(10-21)8-20(9-12)16(22)15-13-4-3-5-14(13)17-18-15/h11-12,21H,3-10H2,1-2H3,(H,17,18)/t11-,12+/m0/s1. The molecule has 1 aliphatic carbocycles. The highest BCUT2D eigenvalue weighted by Crippen LogP contribution is 2.26. The van der Waals surface area contributed by atoms with Gasteiger partial charge in [-0.05, 0) is 52.1 Å². The number of carbonyl (C=O) groups excluding carboxylic acids is 1. The molecule has 0 bridgehead atoms. The Kier molecular flexibility index (Phi) is 4.49. The van der Waals surface area contributed by atoms with Crippen LogP contribution in [0.2, 0.25) is 0 Å². The van der Waals surface area contributed by atoms with Crippen molar-refractivity contribution in [1.29, 1.82) is 0 Å². The fraction of sp³-hybridized carbons (Fsp3) is 0.750. The Morgan fingerprint density at radius 1 is 1.36 bits per heavy atom. The molecule has 1 aromatic rings. The smallest absolute Gasteiger partial charge is 0.274 e. The van der Waals surface area contributed by atoms with Gasteiger partial charge in [0.2, 0.25) is 0 Å². The lowest BCUT2D eigenvalue weighted by molar-refractivity contribution is 0.0682. The minimum atomic E-state index is 0.0200. The summed E-state index contributed by atoms with van der Waals surface area (Å²) in [6.45, 7) is 1.48. The summed E-state index contributed by atoms with van der Waals surface area (Å²) in [6, 6.07) is 0.340. The van der Waals surface area contributed by atoms with Crippen LogP contribution in [0, 0.1) is 5.92 Å². The fourth-order valence-electron chi connectivity index (χ4n) is 3.63. The molecule has 22 heavy (non-hydrogen) atoms. The van der Waals surface area contributed by atoms with Crippen molar-refractivity contribution in [2.75, 3.05) is 33.8 Å². The van der Waals surface area contributed by atoms with Crippen molar-refractivity contribution in [2.24, 2.45) is 5.92 Å². The van der Waals surface area contributed by atoms with E-state index in [4.69, 9.17) is 0 Å². The quantitative estimate of drug-likeness (QED) is 0.861. The Morgan fingerprint density at radius 3 is 2.91 bits per heavy atom. The van der Waals surface area contributed by atoms with Crippen molar-refractivity contribution in [1.82, 2.24) is 20.0 Å². The van der Waals surface area contributed by atoms with Gasteiger partial charge in [-0.25, -0.2) is 0 Å². The van der Waals surface area contributed by atoms with Gasteiger partial charge in [0.15, 0.2) is 5.69 Å². The second kappa shape index (κ2) is 6.38. The van der Waals surface area contributed by atoms with Crippen LogP contribution in [0.25, 0.3) is 0 Å². The largest absolute Gasteiger partial charge is 0.396 e. The number of aromatic amines is 1. The number of nitrogens with zero attached hydrogens (tertiary/aromatic N) is 3. The van der Waals surface area contributed by atoms with Gasteiger partial charge >= 0.3 is 0 Å². The summed E-state index contributed by atoms with van der Waals surface area (Å²) in [5.41, 5.74) is 2.83. The molecule has 2 aliphatic rings. The van der Waals surface area contributed by atoms with Crippen LogP contribution in [-0.2, 0) is 12.8 Å². The Labute approximate surface area is 131 Å². The summed E-state index contributed by atoms with van der Waals surface area (Å²) < 4.78 is 0. The van der Waals surface area contributed by atoms with Crippen molar-refractivity contribution in [3.63, 3.8) is 0 Å². The number of nitrogens with one attached hydrogen (secondary N) is 1. The molecule has 0 spiro atoms. The molecule has 1 amide bonds. The summed E-state index contributed by atoms with van der Waals surface area (Å²) in [4.78, 5) is 17.0. The lowest BCUT2D eigenvalue weighted by atomic mass is 10.0. The number of fused-ring (bicyclic) bond motifs is 1. The van der Waals surface area contributed by atoms with E-state index in [2.05, 4.69) is 29.2 Å². The molecule has 6 heteroatoms. The molecule has 0 unspecified atom stereocenters. The molecule has 1 saturated heterocycles. The van der Waals surface area contributed by atoms with Crippen molar-refractivity contribution in [2.45, 2.75) is 38.1 Å². The van der Waals surface area contributed by atoms with Crippen molar-refractivity contribution < 1.29 is 9.90 Å². The molecule has 122 valence electrons. The topological polar surface area (TPSA) is 72.5 Å². The first kappa shape index (κ1) is 15.5. The number of amides is 1. The zero-order valence-electron chi connectivity index (χ0n) is 13.5. The van der Waals surface area contributed by atoms with Gasteiger partial charge in [0.1, 0.15) is 0 Å². The van der Waals surface area contributed by atoms with Crippen LogP contribution in [0.3, 0.4) is 0 Å². The number of hydrogen-bond donors (Lipinski definition) is 2. The Bertz CT molecular complexity index is 540. The third-order valence-corrected chi connectivity index (χ3v) is 5.10. The van der Waals surface area contributed by atoms with Gasteiger partial charge in [0.25, 0.3) is 5.91 Å². The second-order valence-electron chi connectivity index (χ2n) is 6.84. The van der Waals surface area contributed by atoms with Crippen LogP contribution in [-0.4, -0.2) is 70.8 Å². The van der Waals surface area contributed by atoms with E-state index in [1.165, 1.54) is 0 Å². The maximum atomic E-state index is 12.9. The maximum absolute atomic E-state index is 12.9. The molecule has 0 radical (unpaired) electrons. The molecule has 2 N–H and O–H groups in total. The van der Waals surface area contributed by atoms with E-state index in [0.29, 0.717) is 24.8 Å². The SMILES string of the molecule is CN(C)[C@@H]1CC[C@H](CO)CN(C(=O)c2n[nH]c3c2CCC3)C1. The van der Waals surface area contributed by atoms with Crippen LogP contribution in [0.1, 0.15) is 41.0 Å². The first-order valence-corrected chi connectivity index (χ1v) is 8.22. The summed E-state index contributed by atoms with van der Waals surface area (Å²) >= 11 is 0. The number of aromatic nitrogens is 2. The van der Waals surface area contributed by atoms with Crippen molar-refractivity contribution in [3.05, 3.63) is 17.0 Å². The molecule has 3 rings (SSSR count). The summed E-state index contributed by atoms with van der Waals surface area (Å²) in [6.07, 6.45) is 5.02. The fourth-order valence-corrected chi connectivity index (χ4v) is 3.63. The number of carbonyl (C=O) groups is 1. The summed E-state index contributed by atoms with van der Waals surface area (Å²) in [5, 5.41) is 16.8. The second-order valence-corrected chi connectivity index (χ2v) is 6.84. The van der Waals surface area contributed by atoms with E-state index in [0.717, 1.165) is 43.4 Å². The van der Waals surface area contributed by atoms with Gasteiger partial charge in [-0.3, -0.25) is 9.89 Å². The number of aliphatic hydroxyl groups is 1. The molecule has 2 heterocycles. The Hall–Kier alpha value is -1.40. The minimum absolute atomic E-state index is 0.0200. The highest BCUT2D eigenvalue weighted by atomic mass is 16.3. The molecule has 1 fully saturated rings. The van der Waals surface area contributed by atoms with Gasteiger partial charge < -0.3 is 14.9 Å². The van der Waals surface area contributed by atoms with Crippen LogP contribution in [0.5, 0.6) is 0 Å². The minimum Gasteiger partial charge on any atom is -0.396 e. The van der Waals surface area contributed by atoms with Gasteiger partial charge in [-0.2, -0.15) is 5.10 Å². The average molecular weight is 306 g/mol. The number of hydrogen-bond acceptors (Lipinski definition) is 4. The maximum Gasteiger partial charge on any atom is 0.274 e. The zero-order valence-corrected chi connectivity index (χ0v) is 13.5. The average Bonchev–Trinajstić information content (AvgIpc) is 3.03. The predicted molar refractivity (Wildman–Crippen MR) is 83.8 cm³/mol. The number of aryl methyl sites for hydroxylation is 1. The predicted octanol–water partition coefficient (Wildman–Crippen LogP) is 0.673. The normalized spacial score (nSPS) is 25.4. The van der Waals surface area contributed by atoms with Crippen LogP contribution in [0.4, 0.5) is 0 Å². The van der Waals surface area contributed by atoms with E-state index in [9.17, 15) is 9.90 Å². The molecule has 0 aromatic carbocycles.